The Hall–Kier alpha value is -8.17. The third-order valence-corrected chi connectivity index (χ3v) is 18.9. The Morgan fingerprint density at radius 3 is 2.21 bits per heavy atom. The van der Waals surface area contributed by atoms with Gasteiger partial charge < -0.3 is 52.0 Å². The van der Waals surface area contributed by atoms with Crippen molar-refractivity contribution in [3.05, 3.63) is 112 Å². The average molecular weight is 1270 g/mol. The molecule has 6 amide bonds. The van der Waals surface area contributed by atoms with Crippen LogP contribution in [-0.4, -0.2) is 118 Å². The molecule has 0 fully saturated rings. The molecule has 442 valence electrons. The largest absolute Gasteiger partial charge is 0.481 e. The second-order valence-electron chi connectivity index (χ2n) is 19.4. The van der Waals surface area contributed by atoms with E-state index in [2.05, 4.69) is 46.9 Å². The minimum Gasteiger partial charge on any atom is -0.481 e. The van der Waals surface area contributed by atoms with E-state index >= 15 is 0 Å². The lowest BCUT2D eigenvalue weighted by Gasteiger charge is -2.23. The van der Waals surface area contributed by atoms with Crippen molar-refractivity contribution in [1.29, 1.82) is 0 Å². The molecule has 1 aliphatic rings. The number of aryl methyl sites for hydroxylation is 1. The van der Waals surface area contributed by atoms with Crippen molar-refractivity contribution in [3.63, 3.8) is 0 Å². The van der Waals surface area contributed by atoms with Gasteiger partial charge in [-0.2, -0.15) is 0 Å². The van der Waals surface area contributed by atoms with E-state index in [-0.39, 0.29) is 59.7 Å². The van der Waals surface area contributed by atoms with Gasteiger partial charge in [-0.15, -0.1) is 68.0 Å². The smallest absolute Gasteiger partial charge is 0.307 e. The Morgan fingerprint density at radius 2 is 1.48 bits per heavy atom. The molecular weight excluding hydrogens is 1220 g/mol. The fourth-order valence-corrected chi connectivity index (χ4v) is 14.3. The first kappa shape index (κ1) is 61.4. The fraction of sp³-hybridized carbons (Fsp3) is 0.315. The van der Waals surface area contributed by atoms with Gasteiger partial charge in [0.25, 0.3) is 17.7 Å². The molecule has 25 nitrogen and oxygen atoms in total. The minimum atomic E-state index is -1.33. The summed E-state index contributed by atoms with van der Waals surface area (Å²) in [6.45, 7) is 4.88. The number of rotatable bonds is 15. The Bertz CT molecular complexity index is 3820. The van der Waals surface area contributed by atoms with E-state index in [1.807, 2.05) is 13.8 Å². The lowest BCUT2D eigenvalue weighted by molar-refractivity contribution is -0.148. The van der Waals surface area contributed by atoms with Gasteiger partial charge in [-0.3, -0.25) is 38.4 Å². The number of aromatic nitrogens is 7. The van der Waals surface area contributed by atoms with Crippen molar-refractivity contribution in [2.24, 2.45) is 11.8 Å². The Morgan fingerprint density at radius 1 is 0.729 bits per heavy atom. The summed E-state index contributed by atoms with van der Waals surface area (Å²) < 4.78 is 5.44. The number of benzene rings is 1. The number of hydrogen-bond donors (Lipinski definition) is 9. The van der Waals surface area contributed by atoms with Crippen LogP contribution in [0.5, 0.6) is 0 Å². The van der Waals surface area contributed by atoms with E-state index in [0.29, 0.717) is 67.9 Å². The molecule has 7 aromatic heterocycles. The van der Waals surface area contributed by atoms with E-state index in [4.69, 9.17) is 29.8 Å². The van der Waals surface area contributed by atoms with Crippen LogP contribution >= 0.6 is 68.0 Å². The number of ether oxygens (including phenoxy) is 1. The first-order valence-corrected chi connectivity index (χ1v) is 31.0. The molecule has 8 aromatic rings. The number of aliphatic carboxylic acids is 2. The van der Waals surface area contributed by atoms with E-state index in [0.717, 1.165) is 56.7 Å². The highest BCUT2D eigenvalue weighted by Crippen LogP contribution is 2.41. The van der Waals surface area contributed by atoms with Gasteiger partial charge in [-0.1, -0.05) is 44.2 Å². The van der Waals surface area contributed by atoms with Crippen LogP contribution in [0.2, 0.25) is 0 Å². The second kappa shape index (κ2) is 27.2. The van der Waals surface area contributed by atoms with Crippen molar-refractivity contribution in [1.82, 2.24) is 61.5 Å². The van der Waals surface area contributed by atoms with Crippen LogP contribution in [-0.2, 0) is 35.3 Å². The molecule has 0 saturated heterocycles. The summed E-state index contributed by atoms with van der Waals surface area (Å²) in [6.07, 6.45) is -1.09. The Kier molecular flexibility index (Phi) is 19.7. The number of pyridine rings is 1. The number of aliphatic hydroxyl groups excluding tert-OH is 1. The third-order valence-electron chi connectivity index (χ3n) is 13.0. The molecule has 0 saturated carbocycles. The maximum Gasteiger partial charge on any atom is 0.307 e. The number of amides is 6. The summed E-state index contributed by atoms with van der Waals surface area (Å²) in [5.41, 5.74) is 2.08. The zero-order valence-electron chi connectivity index (χ0n) is 45.7. The number of nitrogens with zero attached hydrogens (tertiary/aromatic N) is 7. The first-order chi connectivity index (χ1) is 40.8. The number of carbonyl (C=O) groups excluding carboxylic acids is 6. The zero-order chi connectivity index (χ0) is 60.6. The summed E-state index contributed by atoms with van der Waals surface area (Å²) >= 11 is 6.94. The summed E-state index contributed by atoms with van der Waals surface area (Å²) in [5, 5.41) is 54.1. The van der Waals surface area contributed by atoms with Crippen molar-refractivity contribution in [2.45, 2.75) is 77.3 Å². The van der Waals surface area contributed by atoms with Gasteiger partial charge in [-0.05, 0) is 37.0 Å². The predicted octanol–water partition coefficient (Wildman–Crippen LogP) is 7.21. The molecule has 31 heteroatoms. The van der Waals surface area contributed by atoms with Gasteiger partial charge in [0, 0.05) is 53.4 Å². The van der Waals surface area contributed by atoms with Crippen LogP contribution in [0.1, 0.15) is 126 Å². The van der Waals surface area contributed by atoms with Gasteiger partial charge in [0.15, 0.2) is 0 Å². The highest BCUT2D eigenvalue weighted by molar-refractivity contribution is 7.19. The van der Waals surface area contributed by atoms with Crippen LogP contribution < -0.4 is 31.9 Å². The molecule has 10 bridgehead atoms. The van der Waals surface area contributed by atoms with Gasteiger partial charge in [0.1, 0.15) is 70.8 Å². The third kappa shape index (κ3) is 14.7. The first-order valence-electron chi connectivity index (χ1n) is 25.9. The minimum absolute atomic E-state index is 0.00599. The predicted molar refractivity (Wildman–Crippen MR) is 318 cm³/mol. The van der Waals surface area contributed by atoms with E-state index in [1.165, 1.54) is 25.5 Å². The number of fused-ring (bicyclic) bond motifs is 14. The standard InChI is InChI=1S/C54H53N13O12S6/c1-23(2)39-53-67-42(33(85-53)19-79-5)46(75)56-18-37(70)64-43(44(73)25-9-7-6-8-10-25)52-61-31(21-81-52)49-57-17-32(84-49)41-27(12-13-28(58-41)50-63-34(22-82-50)62-35(68)14-11-26(54(77)78)15-38(71)72)48-60-30(20-80-48)45(74)59-29(16-36(69)55-4)51-66-40(24(3)83-51)47(76)65-39/h6-10,12-13,17,20-23,26,29,39,43-44,73H,11,14-16,18-19H2,1-5H3,(H,55,69)(H,56,75)(H,59,74)(H,62,68)(H,64,70)(H,65,76)(H,71,72)(H,77,78)/t26-,29-,39-,43-,44-/m0/s1. The van der Waals surface area contributed by atoms with Crippen LogP contribution in [0.3, 0.4) is 0 Å². The number of carboxylic acids is 2. The zero-order valence-corrected chi connectivity index (χ0v) is 50.6. The van der Waals surface area contributed by atoms with Crippen molar-refractivity contribution < 1.29 is 58.4 Å². The normalized spacial score (nSPS) is 16.5. The number of anilines is 1. The maximum atomic E-state index is 14.3. The molecule has 85 heavy (non-hydrogen) atoms. The SMILES string of the molecule is CNC(=O)C[C@@H]1NC(=O)c2csc(n2)-c2ccc(-c3nc(NC(=O)CC[C@@H](CC(=O)O)C(=O)O)cs3)nc2-c2cnc(s2)-c2csc(n2)[C@H]([C@@H](O)c2ccccc2)NC(=O)CNC(=O)c2nc(sc2COC)[C@H](C(C)C)NC(=O)c2nc1sc2C. The second-order valence-corrected chi connectivity index (χ2v) is 25.4. The van der Waals surface area contributed by atoms with E-state index in [1.54, 1.807) is 71.7 Å². The number of nitrogens with one attached hydrogen (secondary N) is 6. The molecule has 9 rings (SSSR count). The van der Waals surface area contributed by atoms with Crippen molar-refractivity contribution >= 4 is 121 Å². The fourth-order valence-electron chi connectivity index (χ4n) is 8.67. The van der Waals surface area contributed by atoms with Crippen LogP contribution in [0.4, 0.5) is 5.82 Å². The average Bonchev–Trinajstić information content (AvgIpc) is 3.50. The highest BCUT2D eigenvalue weighted by Gasteiger charge is 2.33. The van der Waals surface area contributed by atoms with Gasteiger partial charge in [-0.25, -0.2) is 34.9 Å². The molecule has 9 N–H and O–H groups in total. The maximum absolute atomic E-state index is 14.3. The van der Waals surface area contributed by atoms with Gasteiger partial charge >= 0.3 is 11.9 Å². The lowest BCUT2D eigenvalue weighted by Crippen LogP contribution is -2.40. The molecule has 5 atom stereocenters. The quantitative estimate of drug-likeness (QED) is 0.0489. The topological polar surface area (TPSA) is 369 Å². The Balaban J connectivity index is 1.10. The van der Waals surface area contributed by atoms with E-state index < -0.39 is 90.5 Å². The summed E-state index contributed by atoms with van der Waals surface area (Å²) in [6, 6.07) is 9.23. The number of carbonyl (C=O) groups is 8. The van der Waals surface area contributed by atoms with Crippen LogP contribution in [0.25, 0.3) is 42.5 Å². The summed E-state index contributed by atoms with van der Waals surface area (Å²) in [7, 11) is 2.91. The van der Waals surface area contributed by atoms with Crippen LogP contribution in [0, 0.1) is 18.8 Å². The molecular formula is C54H53N13O12S6. The Labute approximate surface area is 507 Å². The number of hydrogen-bond acceptors (Lipinski definition) is 23. The number of thiazole rings is 6. The van der Waals surface area contributed by atoms with Gasteiger partial charge in [0.05, 0.1) is 65.1 Å². The lowest BCUT2D eigenvalue weighted by atomic mass is 9.99. The van der Waals surface area contributed by atoms with Crippen LogP contribution in [0.15, 0.2) is 64.8 Å². The molecule has 0 spiro atoms. The summed E-state index contributed by atoms with van der Waals surface area (Å²) in [4.78, 5) is 140. The molecule has 1 aliphatic heterocycles. The molecule has 0 radical (unpaired) electrons. The summed E-state index contributed by atoms with van der Waals surface area (Å²) in [5.74, 6) is -7.57. The molecule has 0 unspecified atom stereocenters. The van der Waals surface area contributed by atoms with Gasteiger partial charge in [0.2, 0.25) is 17.7 Å². The molecule has 0 aliphatic carbocycles. The monoisotopic (exact) mass is 1270 g/mol. The number of methoxy groups -OCH3 is 1. The number of aliphatic hydroxyl groups is 1. The molecule has 1 aromatic carbocycles. The molecule has 8 heterocycles. The number of carboxylic acid groups (broad SMARTS) is 2. The van der Waals surface area contributed by atoms with Crippen molar-refractivity contribution in [3.8, 4) is 42.5 Å². The highest BCUT2D eigenvalue weighted by atomic mass is 32.1. The van der Waals surface area contributed by atoms with E-state index in [9.17, 15) is 48.6 Å². The van der Waals surface area contributed by atoms with Crippen molar-refractivity contribution in [2.75, 3.05) is 26.0 Å².